The first-order chi connectivity index (χ1) is 8.74. The molecule has 0 aliphatic carbocycles. The average molecular weight is 240 g/mol. The van der Waals surface area contributed by atoms with Gasteiger partial charge >= 0.3 is 0 Å². The first kappa shape index (κ1) is 12.8. The number of aromatic nitrogens is 1. The number of benzene rings is 1. The number of pyridine rings is 1. The van der Waals surface area contributed by atoms with Gasteiger partial charge in [-0.05, 0) is 42.9 Å². The van der Waals surface area contributed by atoms with E-state index in [2.05, 4.69) is 42.2 Å². The first-order valence-corrected chi connectivity index (χ1v) is 6.44. The van der Waals surface area contributed by atoms with Crippen molar-refractivity contribution in [2.45, 2.75) is 32.2 Å². The summed E-state index contributed by atoms with van der Waals surface area (Å²) >= 11 is 0. The van der Waals surface area contributed by atoms with Gasteiger partial charge in [0.2, 0.25) is 0 Å². The molecule has 0 radical (unpaired) electrons. The summed E-state index contributed by atoms with van der Waals surface area (Å²) in [6, 6.07) is 12.8. The molecule has 0 fully saturated rings. The molecule has 2 aromatic rings. The van der Waals surface area contributed by atoms with Gasteiger partial charge in [-0.25, -0.2) is 0 Å². The summed E-state index contributed by atoms with van der Waals surface area (Å²) < 4.78 is 0. The second kappa shape index (κ2) is 6.31. The molecular formula is C16H20N2. The monoisotopic (exact) mass is 240 g/mol. The van der Waals surface area contributed by atoms with Crippen molar-refractivity contribution >= 4 is 0 Å². The van der Waals surface area contributed by atoms with Crippen LogP contribution in [0.1, 0.15) is 23.1 Å². The molecule has 0 saturated heterocycles. The van der Waals surface area contributed by atoms with E-state index in [9.17, 15) is 0 Å². The Kier molecular flexibility index (Phi) is 4.48. The summed E-state index contributed by atoms with van der Waals surface area (Å²) in [5.41, 5.74) is 9.97. The van der Waals surface area contributed by atoms with Crippen LogP contribution in [-0.4, -0.2) is 11.0 Å². The van der Waals surface area contributed by atoms with Crippen LogP contribution < -0.4 is 5.73 Å². The third kappa shape index (κ3) is 3.97. The van der Waals surface area contributed by atoms with E-state index in [0.29, 0.717) is 0 Å². The fourth-order valence-electron chi connectivity index (χ4n) is 2.13. The maximum atomic E-state index is 6.17. The molecule has 2 nitrogen and oxygen atoms in total. The van der Waals surface area contributed by atoms with Crippen LogP contribution in [0.15, 0.2) is 48.8 Å². The predicted octanol–water partition coefficient (Wildman–Crippen LogP) is 2.89. The Hall–Kier alpha value is -1.67. The Balaban J connectivity index is 1.83. The number of nitrogens with two attached hydrogens (primary N) is 1. The zero-order valence-corrected chi connectivity index (χ0v) is 10.8. The van der Waals surface area contributed by atoms with Crippen molar-refractivity contribution in [1.82, 2.24) is 4.98 Å². The number of hydrogen-bond donors (Lipinski definition) is 1. The molecule has 0 aliphatic rings. The largest absolute Gasteiger partial charge is 0.327 e. The molecule has 94 valence electrons. The van der Waals surface area contributed by atoms with Crippen molar-refractivity contribution in [3.63, 3.8) is 0 Å². The fraction of sp³-hybridized carbons (Fsp3) is 0.312. The van der Waals surface area contributed by atoms with Crippen molar-refractivity contribution in [2.24, 2.45) is 5.73 Å². The lowest BCUT2D eigenvalue weighted by atomic mass is 10.0. The second-order valence-corrected chi connectivity index (χ2v) is 4.86. The molecule has 1 heterocycles. The molecule has 2 heteroatoms. The third-order valence-electron chi connectivity index (χ3n) is 3.08. The Morgan fingerprint density at radius 1 is 1.11 bits per heavy atom. The third-order valence-corrected chi connectivity index (χ3v) is 3.08. The van der Waals surface area contributed by atoms with Crippen LogP contribution >= 0.6 is 0 Å². The minimum absolute atomic E-state index is 0.216. The highest BCUT2D eigenvalue weighted by atomic mass is 14.6. The van der Waals surface area contributed by atoms with Crippen LogP contribution in [0.25, 0.3) is 0 Å². The number of rotatable bonds is 5. The minimum Gasteiger partial charge on any atom is -0.327 e. The van der Waals surface area contributed by atoms with E-state index < -0.39 is 0 Å². The maximum Gasteiger partial charge on any atom is 0.0300 e. The van der Waals surface area contributed by atoms with Gasteiger partial charge in [0.15, 0.2) is 0 Å². The molecule has 2 N–H and O–H groups in total. The van der Waals surface area contributed by atoms with Gasteiger partial charge in [-0.15, -0.1) is 0 Å². The molecule has 0 aliphatic heterocycles. The summed E-state index contributed by atoms with van der Waals surface area (Å²) in [5.74, 6) is 0. The highest BCUT2D eigenvalue weighted by Crippen LogP contribution is 2.09. The summed E-state index contributed by atoms with van der Waals surface area (Å²) in [7, 11) is 0. The van der Waals surface area contributed by atoms with Gasteiger partial charge in [0.25, 0.3) is 0 Å². The molecule has 0 amide bonds. The van der Waals surface area contributed by atoms with Crippen molar-refractivity contribution < 1.29 is 0 Å². The van der Waals surface area contributed by atoms with E-state index in [-0.39, 0.29) is 6.04 Å². The lowest BCUT2D eigenvalue weighted by molar-refractivity contribution is 0.609. The molecule has 0 unspecified atom stereocenters. The van der Waals surface area contributed by atoms with Crippen LogP contribution in [0.3, 0.4) is 0 Å². The summed E-state index contributed by atoms with van der Waals surface area (Å²) in [4.78, 5) is 4.21. The van der Waals surface area contributed by atoms with Crippen molar-refractivity contribution in [1.29, 1.82) is 0 Å². The highest BCUT2D eigenvalue weighted by molar-refractivity contribution is 5.18. The fourth-order valence-corrected chi connectivity index (χ4v) is 2.13. The number of aryl methyl sites for hydroxylation is 2. The maximum absolute atomic E-state index is 6.17. The van der Waals surface area contributed by atoms with Gasteiger partial charge in [-0.3, -0.25) is 4.98 Å². The van der Waals surface area contributed by atoms with Gasteiger partial charge < -0.3 is 5.73 Å². The van der Waals surface area contributed by atoms with Gasteiger partial charge in [-0.2, -0.15) is 0 Å². The van der Waals surface area contributed by atoms with Crippen LogP contribution in [0.4, 0.5) is 0 Å². The van der Waals surface area contributed by atoms with Crippen molar-refractivity contribution in [3.8, 4) is 0 Å². The van der Waals surface area contributed by atoms with E-state index in [1.807, 2.05) is 18.5 Å². The Morgan fingerprint density at radius 3 is 2.61 bits per heavy atom. The molecule has 18 heavy (non-hydrogen) atoms. The van der Waals surface area contributed by atoms with E-state index >= 15 is 0 Å². The topological polar surface area (TPSA) is 38.9 Å². The number of nitrogens with zero attached hydrogens (tertiary/aromatic N) is 1. The molecule has 0 spiro atoms. The van der Waals surface area contributed by atoms with Crippen LogP contribution in [0.5, 0.6) is 0 Å². The molecule has 0 saturated carbocycles. The SMILES string of the molecule is Cc1cncc(CC[C@@H](N)Cc2ccccc2)c1. The van der Waals surface area contributed by atoms with E-state index in [0.717, 1.165) is 19.3 Å². The molecule has 1 aromatic heterocycles. The van der Waals surface area contributed by atoms with Gasteiger partial charge in [0.05, 0.1) is 0 Å². The lowest BCUT2D eigenvalue weighted by Crippen LogP contribution is -2.23. The molecule has 2 rings (SSSR count). The van der Waals surface area contributed by atoms with Crippen LogP contribution in [0.2, 0.25) is 0 Å². The zero-order valence-electron chi connectivity index (χ0n) is 10.8. The zero-order chi connectivity index (χ0) is 12.8. The van der Waals surface area contributed by atoms with Gasteiger partial charge in [-0.1, -0.05) is 36.4 Å². The van der Waals surface area contributed by atoms with E-state index in [4.69, 9.17) is 5.73 Å². The second-order valence-electron chi connectivity index (χ2n) is 4.86. The highest BCUT2D eigenvalue weighted by Gasteiger charge is 2.04. The standard InChI is InChI=1S/C16H20N2/c1-13-9-15(12-18-11-13)7-8-16(17)10-14-5-3-2-4-6-14/h2-6,9,11-12,16H,7-8,10,17H2,1H3/t16-/m1/s1. The number of hydrogen-bond acceptors (Lipinski definition) is 2. The average Bonchev–Trinajstić information content (AvgIpc) is 2.38. The Bertz CT molecular complexity index is 479. The van der Waals surface area contributed by atoms with Gasteiger partial charge in [0, 0.05) is 18.4 Å². The molecule has 0 bridgehead atoms. The van der Waals surface area contributed by atoms with Crippen LogP contribution in [-0.2, 0) is 12.8 Å². The van der Waals surface area contributed by atoms with Crippen molar-refractivity contribution in [2.75, 3.05) is 0 Å². The van der Waals surface area contributed by atoms with Crippen LogP contribution in [0, 0.1) is 6.92 Å². The first-order valence-electron chi connectivity index (χ1n) is 6.44. The Labute approximate surface area is 109 Å². The molecule has 1 atom stereocenters. The summed E-state index contributed by atoms with van der Waals surface area (Å²) in [6.07, 6.45) is 6.76. The smallest absolute Gasteiger partial charge is 0.0300 e. The Morgan fingerprint density at radius 2 is 1.89 bits per heavy atom. The summed E-state index contributed by atoms with van der Waals surface area (Å²) in [5, 5.41) is 0. The van der Waals surface area contributed by atoms with E-state index in [1.165, 1.54) is 16.7 Å². The summed E-state index contributed by atoms with van der Waals surface area (Å²) in [6.45, 7) is 2.07. The predicted molar refractivity (Wildman–Crippen MR) is 75.4 cm³/mol. The molecular weight excluding hydrogens is 220 g/mol. The minimum atomic E-state index is 0.216. The van der Waals surface area contributed by atoms with Gasteiger partial charge in [0.1, 0.15) is 0 Å². The van der Waals surface area contributed by atoms with E-state index in [1.54, 1.807) is 0 Å². The normalized spacial score (nSPS) is 12.3. The van der Waals surface area contributed by atoms with Crippen molar-refractivity contribution in [3.05, 3.63) is 65.5 Å². The molecule has 1 aromatic carbocycles. The quantitative estimate of drug-likeness (QED) is 0.872. The lowest BCUT2D eigenvalue weighted by Gasteiger charge is -2.11.